The van der Waals surface area contributed by atoms with Crippen molar-refractivity contribution >= 4 is 12.0 Å². The number of carboxylic acid groups (broad SMARTS) is 1. The van der Waals surface area contributed by atoms with Crippen LogP contribution < -0.4 is 5.32 Å². The van der Waals surface area contributed by atoms with E-state index >= 15 is 0 Å². The molecule has 1 saturated heterocycles. The summed E-state index contributed by atoms with van der Waals surface area (Å²) >= 11 is 0. The van der Waals surface area contributed by atoms with Gasteiger partial charge in [-0.2, -0.15) is 13.2 Å². The van der Waals surface area contributed by atoms with Gasteiger partial charge in [-0.3, -0.25) is 9.69 Å². The van der Waals surface area contributed by atoms with E-state index < -0.39 is 24.7 Å². The fourth-order valence-corrected chi connectivity index (χ4v) is 1.59. The van der Waals surface area contributed by atoms with E-state index in [4.69, 9.17) is 5.11 Å². The molecule has 1 rings (SSSR count). The van der Waals surface area contributed by atoms with Gasteiger partial charge in [0.15, 0.2) is 0 Å². The van der Waals surface area contributed by atoms with Crippen molar-refractivity contribution in [1.82, 2.24) is 15.1 Å². The highest BCUT2D eigenvalue weighted by Gasteiger charge is 2.29. The molecule has 0 aromatic rings. The van der Waals surface area contributed by atoms with Crippen molar-refractivity contribution in [2.45, 2.75) is 6.18 Å². The molecule has 18 heavy (non-hydrogen) atoms. The maximum absolute atomic E-state index is 11.9. The zero-order valence-electron chi connectivity index (χ0n) is 9.53. The molecule has 0 spiro atoms. The average molecular weight is 269 g/mol. The summed E-state index contributed by atoms with van der Waals surface area (Å²) in [4.78, 5) is 24.7. The Labute approximate surface area is 101 Å². The first-order chi connectivity index (χ1) is 8.28. The van der Waals surface area contributed by atoms with Crippen LogP contribution in [0.5, 0.6) is 0 Å². The second kappa shape index (κ2) is 5.89. The molecule has 1 fully saturated rings. The number of nitrogens with one attached hydrogen (secondary N) is 1. The van der Waals surface area contributed by atoms with E-state index in [9.17, 15) is 22.8 Å². The van der Waals surface area contributed by atoms with E-state index in [1.54, 1.807) is 10.2 Å². The smallest absolute Gasteiger partial charge is 0.405 e. The predicted octanol–water partition coefficient (Wildman–Crippen LogP) is -0.0395. The van der Waals surface area contributed by atoms with E-state index in [1.807, 2.05) is 0 Å². The van der Waals surface area contributed by atoms with E-state index in [0.29, 0.717) is 13.1 Å². The van der Waals surface area contributed by atoms with Gasteiger partial charge < -0.3 is 15.3 Å². The molecule has 0 bridgehead atoms. The molecule has 0 saturated carbocycles. The van der Waals surface area contributed by atoms with E-state index in [2.05, 4.69) is 0 Å². The van der Waals surface area contributed by atoms with Crippen LogP contribution in [-0.4, -0.2) is 72.4 Å². The second-order valence-corrected chi connectivity index (χ2v) is 3.93. The fraction of sp³-hybridized carbons (Fsp3) is 0.778. The maximum atomic E-state index is 11.9. The molecule has 6 nitrogen and oxygen atoms in total. The molecule has 1 aliphatic rings. The van der Waals surface area contributed by atoms with Gasteiger partial charge >= 0.3 is 18.2 Å². The van der Waals surface area contributed by atoms with E-state index in [1.165, 1.54) is 4.90 Å². The molecular weight excluding hydrogens is 255 g/mol. The molecule has 0 aromatic heterocycles. The minimum atomic E-state index is -4.43. The number of hydrogen-bond acceptors (Lipinski definition) is 3. The standard InChI is InChI=1S/C9H14F3N3O3/c10-9(11,12)6-13-8(18)15-3-1-14(2-4-15)5-7(16)17/h1-6H2,(H,13,18)(H,16,17). The Kier molecular flexibility index (Phi) is 4.76. The minimum Gasteiger partial charge on any atom is -0.480 e. The van der Waals surface area contributed by atoms with Crippen molar-refractivity contribution in [3.05, 3.63) is 0 Å². The van der Waals surface area contributed by atoms with Crippen molar-refractivity contribution in [2.75, 3.05) is 39.3 Å². The summed E-state index contributed by atoms with van der Waals surface area (Å²) < 4.78 is 35.6. The Morgan fingerprint density at radius 1 is 1.17 bits per heavy atom. The number of halogens is 3. The summed E-state index contributed by atoms with van der Waals surface area (Å²) in [7, 11) is 0. The first kappa shape index (κ1) is 14.6. The summed E-state index contributed by atoms with van der Waals surface area (Å²) in [6.45, 7) is -0.370. The van der Waals surface area contributed by atoms with Crippen LogP contribution in [0.25, 0.3) is 0 Å². The van der Waals surface area contributed by atoms with Crippen molar-refractivity contribution in [3.8, 4) is 0 Å². The van der Waals surface area contributed by atoms with Gasteiger partial charge in [0.05, 0.1) is 6.54 Å². The van der Waals surface area contributed by atoms with E-state index in [0.717, 1.165) is 0 Å². The van der Waals surface area contributed by atoms with Crippen LogP contribution in [0.3, 0.4) is 0 Å². The van der Waals surface area contributed by atoms with Gasteiger partial charge in [0.25, 0.3) is 0 Å². The van der Waals surface area contributed by atoms with Crippen molar-refractivity contribution in [3.63, 3.8) is 0 Å². The Morgan fingerprint density at radius 3 is 2.17 bits per heavy atom. The lowest BCUT2D eigenvalue weighted by Gasteiger charge is -2.33. The number of carbonyl (C=O) groups is 2. The van der Waals surface area contributed by atoms with Gasteiger partial charge in [0, 0.05) is 26.2 Å². The summed E-state index contributed by atoms with van der Waals surface area (Å²) in [5.74, 6) is -0.968. The van der Waals surface area contributed by atoms with Gasteiger partial charge in [0.1, 0.15) is 6.54 Å². The third-order valence-corrected chi connectivity index (χ3v) is 2.46. The van der Waals surface area contributed by atoms with Gasteiger partial charge in [-0.15, -0.1) is 0 Å². The number of alkyl halides is 3. The van der Waals surface area contributed by atoms with Crippen LogP contribution in [0.1, 0.15) is 0 Å². The Bertz CT molecular complexity index is 314. The topological polar surface area (TPSA) is 72.9 Å². The van der Waals surface area contributed by atoms with Gasteiger partial charge in [-0.1, -0.05) is 0 Å². The van der Waals surface area contributed by atoms with Crippen LogP contribution in [-0.2, 0) is 4.79 Å². The molecule has 9 heteroatoms. The molecule has 2 amide bonds. The third-order valence-electron chi connectivity index (χ3n) is 2.46. The third kappa shape index (κ3) is 5.21. The van der Waals surface area contributed by atoms with Crippen LogP contribution in [0.2, 0.25) is 0 Å². The predicted molar refractivity (Wildman–Crippen MR) is 55.1 cm³/mol. The lowest BCUT2D eigenvalue weighted by atomic mass is 10.3. The number of hydrogen-bond donors (Lipinski definition) is 2. The van der Waals surface area contributed by atoms with E-state index in [-0.39, 0.29) is 19.6 Å². The maximum Gasteiger partial charge on any atom is 0.405 e. The second-order valence-electron chi connectivity index (χ2n) is 3.93. The first-order valence-electron chi connectivity index (χ1n) is 5.31. The highest BCUT2D eigenvalue weighted by Crippen LogP contribution is 2.12. The molecule has 2 N–H and O–H groups in total. The Hall–Kier alpha value is -1.51. The fourth-order valence-electron chi connectivity index (χ4n) is 1.59. The number of rotatable bonds is 3. The summed E-state index contributed by atoms with van der Waals surface area (Å²) in [5, 5.41) is 10.3. The Morgan fingerprint density at radius 2 is 1.72 bits per heavy atom. The van der Waals surface area contributed by atoms with Gasteiger partial charge in [0.2, 0.25) is 0 Å². The summed E-state index contributed by atoms with van der Waals surface area (Å²) in [5.41, 5.74) is 0. The normalized spacial score (nSPS) is 17.6. The lowest BCUT2D eigenvalue weighted by molar-refractivity contribution is -0.138. The molecule has 0 unspecified atom stereocenters. The summed E-state index contributed by atoms with van der Waals surface area (Å²) in [6.07, 6.45) is -4.43. The number of urea groups is 1. The zero-order chi connectivity index (χ0) is 13.8. The molecule has 0 atom stereocenters. The monoisotopic (exact) mass is 269 g/mol. The number of carboxylic acids is 1. The number of aliphatic carboxylic acids is 1. The molecule has 104 valence electrons. The van der Waals surface area contributed by atoms with Crippen LogP contribution in [0, 0.1) is 0 Å². The van der Waals surface area contributed by atoms with Gasteiger partial charge in [-0.25, -0.2) is 4.79 Å². The van der Waals surface area contributed by atoms with Crippen molar-refractivity contribution in [1.29, 1.82) is 0 Å². The lowest BCUT2D eigenvalue weighted by Crippen LogP contribution is -2.53. The highest BCUT2D eigenvalue weighted by atomic mass is 19.4. The number of nitrogens with zero attached hydrogens (tertiary/aromatic N) is 2. The molecule has 0 aliphatic carbocycles. The Balaban J connectivity index is 2.29. The summed E-state index contributed by atoms with van der Waals surface area (Å²) in [6, 6.07) is -0.776. The first-order valence-corrected chi connectivity index (χ1v) is 5.31. The minimum absolute atomic E-state index is 0.127. The molecular formula is C9H14F3N3O3. The van der Waals surface area contributed by atoms with Crippen LogP contribution in [0.15, 0.2) is 0 Å². The number of piperazine rings is 1. The van der Waals surface area contributed by atoms with Crippen molar-refractivity contribution in [2.24, 2.45) is 0 Å². The highest BCUT2D eigenvalue weighted by molar-refractivity contribution is 5.74. The zero-order valence-corrected chi connectivity index (χ0v) is 9.53. The largest absolute Gasteiger partial charge is 0.480 e. The number of amides is 2. The number of carbonyl (C=O) groups excluding carboxylic acids is 1. The average Bonchev–Trinajstić information content (AvgIpc) is 2.25. The quantitative estimate of drug-likeness (QED) is 0.754. The van der Waals surface area contributed by atoms with Crippen molar-refractivity contribution < 1.29 is 27.9 Å². The van der Waals surface area contributed by atoms with Crippen LogP contribution >= 0.6 is 0 Å². The molecule has 1 aliphatic heterocycles. The van der Waals surface area contributed by atoms with Gasteiger partial charge in [-0.05, 0) is 0 Å². The molecule has 1 heterocycles. The SMILES string of the molecule is O=C(O)CN1CCN(C(=O)NCC(F)(F)F)CC1. The van der Waals surface area contributed by atoms with Crippen LogP contribution in [0.4, 0.5) is 18.0 Å². The molecule has 0 radical (unpaired) electrons. The molecule has 0 aromatic carbocycles.